The number of nitrogens with zero attached hydrogens (tertiary/aromatic N) is 1. The second-order valence-electron chi connectivity index (χ2n) is 4.65. The maximum Gasteiger partial charge on any atom is 0.311 e. The van der Waals surface area contributed by atoms with Gasteiger partial charge in [-0.3, -0.25) is 10.1 Å². The third-order valence-corrected chi connectivity index (χ3v) is 3.88. The zero-order chi connectivity index (χ0) is 15.2. The number of hydrogen-bond donors (Lipinski definition) is 1. The van der Waals surface area contributed by atoms with Crippen molar-refractivity contribution >= 4 is 22.7 Å². The molecule has 0 amide bonds. The van der Waals surface area contributed by atoms with Gasteiger partial charge in [0.25, 0.3) is 0 Å². The van der Waals surface area contributed by atoms with Gasteiger partial charge in [0, 0.05) is 34.1 Å². The summed E-state index contributed by atoms with van der Waals surface area (Å²) >= 11 is 1.73. The number of nitrogens with one attached hydrogen (secondary N) is 1. The first-order chi connectivity index (χ1) is 10.1. The van der Waals surface area contributed by atoms with Crippen molar-refractivity contribution in [1.29, 1.82) is 0 Å². The quantitative estimate of drug-likeness (QED) is 0.609. The van der Waals surface area contributed by atoms with Crippen LogP contribution in [0, 0.1) is 17.0 Å². The molecular weight excluding hydrogens is 288 g/mol. The minimum absolute atomic E-state index is 0.000896. The van der Waals surface area contributed by atoms with E-state index in [9.17, 15) is 10.1 Å². The Morgan fingerprint density at radius 1 is 1.33 bits per heavy atom. The van der Waals surface area contributed by atoms with Crippen LogP contribution in [0.3, 0.4) is 0 Å². The summed E-state index contributed by atoms with van der Waals surface area (Å²) in [6.07, 6.45) is 0.809. The molecule has 0 atom stereocenters. The standard InChI is InChI=1S/C15H18N2O3S/c1-3-8-20-15-9-12(5-7-14(15)17(18)19)16-10-13-6-4-11(2)21-13/h4-7,9,16H,3,8,10H2,1-2H3. The average molecular weight is 306 g/mol. The number of rotatable bonds is 7. The molecule has 2 aromatic rings. The van der Waals surface area contributed by atoms with Crippen LogP contribution in [0.15, 0.2) is 30.3 Å². The number of hydrogen-bond acceptors (Lipinski definition) is 5. The lowest BCUT2D eigenvalue weighted by Crippen LogP contribution is -2.02. The van der Waals surface area contributed by atoms with Crippen molar-refractivity contribution < 1.29 is 9.66 Å². The van der Waals surface area contributed by atoms with Crippen LogP contribution in [0.5, 0.6) is 5.75 Å². The topological polar surface area (TPSA) is 64.4 Å². The molecule has 2 rings (SSSR count). The molecule has 1 aromatic carbocycles. The van der Waals surface area contributed by atoms with Crippen molar-refractivity contribution in [3.05, 3.63) is 50.2 Å². The van der Waals surface area contributed by atoms with Crippen LogP contribution >= 0.6 is 11.3 Å². The molecule has 0 fully saturated rings. The molecule has 1 heterocycles. The van der Waals surface area contributed by atoms with Gasteiger partial charge in [-0.15, -0.1) is 11.3 Å². The second kappa shape index (κ2) is 7.08. The van der Waals surface area contributed by atoms with Crippen LogP contribution in [-0.4, -0.2) is 11.5 Å². The maximum atomic E-state index is 11.0. The van der Waals surface area contributed by atoms with Gasteiger partial charge in [0.15, 0.2) is 5.75 Å². The summed E-state index contributed by atoms with van der Waals surface area (Å²) in [7, 11) is 0. The Bertz CT molecular complexity index is 625. The van der Waals surface area contributed by atoms with Crippen LogP contribution < -0.4 is 10.1 Å². The van der Waals surface area contributed by atoms with Crippen LogP contribution in [0.1, 0.15) is 23.1 Å². The summed E-state index contributed by atoms with van der Waals surface area (Å²) in [5, 5.41) is 14.3. The number of benzene rings is 1. The van der Waals surface area contributed by atoms with Crippen LogP contribution in [-0.2, 0) is 6.54 Å². The van der Waals surface area contributed by atoms with Gasteiger partial charge >= 0.3 is 5.69 Å². The summed E-state index contributed by atoms with van der Waals surface area (Å²) in [5.74, 6) is 0.314. The fraction of sp³-hybridized carbons (Fsp3) is 0.333. The summed E-state index contributed by atoms with van der Waals surface area (Å²) in [6, 6.07) is 9.03. The Balaban J connectivity index is 2.10. The normalized spacial score (nSPS) is 10.4. The highest BCUT2D eigenvalue weighted by Crippen LogP contribution is 2.30. The molecule has 5 nitrogen and oxygen atoms in total. The van der Waals surface area contributed by atoms with E-state index in [1.165, 1.54) is 15.8 Å². The lowest BCUT2D eigenvalue weighted by molar-refractivity contribution is -0.385. The van der Waals surface area contributed by atoms with Crippen molar-refractivity contribution in [3.8, 4) is 5.75 Å². The fourth-order valence-electron chi connectivity index (χ4n) is 1.87. The van der Waals surface area contributed by atoms with Gasteiger partial charge in [-0.1, -0.05) is 6.92 Å². The van der Waals surface area contributed by atoms with Gasteiger partial charge in [-0.25, -0.2) is 0 Å². The van der Waals surface area contributed by atoms with Crippen molar-refractivity contribution in [2.75, 3.05) is 11.9 Å². The van der Waals surface area contributed by atoms with Crippen molar-refractivity contribution in [2.24, 2.45) is 0 Å². The van der Waals surface area contributed by atoms with Crippen molar-refractivity contribution in [1.82, 2.24) is 0 Å². The Hall–Kier alpha value is -2.08. The molecule has 0 saturated carbocycles. The summed E-state index contributed by atoms with van der Waals surface area (Å²) in [5.41, 5.74) is 0.818. The smallest absolute Gasteiger partial charge is 0.311 e. The summed E-state index contributed by atoms with van der Waals surface area (Å²) in [6.45, 7) is 5.20. The predicted molar refractivity (Wildman–Crippen MR) is 85.3 cm³/mol. The minimum Gasteiger partial charge on any atom is -0.487 e. The zero-order valence-corrected chi connectivity index (χ0v) is 12.9. The van der Waals surface area contributed by atoms with Gasteiger partial charge in [0.1, 0.15) is 0 Å². The van der Waals surface area contributed by atoms with Crippen molar-refractivity contribution in [2.45, 2.75) is 26.8 Å². The first-order valence-corrected chi connectivity index (χ1v) is 7.62. The molecule has 0 aliphatic carbocycles. The summed E-state index contributed by atoms with van der Waals surface area (Å²) < 4.78 is 5.47. The first kappa shape index (κ1) is 15.3. The molecule has 1 N–H and O–H groups in total. The van der Waals surface area contributed by atoms with E-state index in [0.717, 1.165) is 12.1 Å². The fourth-order valence-corrected chi connectivity index (χ4v) is 2.70. The average Bonchev–Trinajstić information content (AvgIpc) is 2.88. The highest BCUT2D eigenvalue weighted by molar-refractivity contribution is 7.11. The van der Waals surface area contributed by atoms with E-state index < -0.39 is 4.92 Å². The van der Waals surface area contributed by atoms with E-state index in [4.69, 9.17) is 4.74 Å². The monoisotopic (exact) mass is 306 g/mol. The Morgan fingerprint density at radius 2 is 2.14 bits per heavy atom. The molecule has 0 radical (unpaired) electrons. The molecule has 0 bridgehead atoms. The molecule has 0 saturated heterocycles. The molecule has 0 aliphatic heterocycles. The van der Waals surface area contributed by atoms with Crippen molar-refractivity contribution in [3.63, 3.8) is 0 Å². The molecule has 21 heavy (non-hydrogen) atoms. The maximum absolute atomic E-state index is 11.0. The van der Waals surface area contributed by atoms with E-state index >= 15 is 0 Å². The van der Waals surface area contributed by atoms with Gasteiger partial charge < -0.3 is 10.1 Å². The predicted octanol–water partition coefficient (Wildman–Crippen LogP) is 4.37. The van der Waals surface area contributed by atoms with Gasteiger partial charge in [-0.2, -0.15) is 0 Å². The number of ether oxygens (including phenoxy) is 1. The molecule has 0 unspecified atom stereocenters. The minimum atomic E-state index is -0.419. The number of anilines is 1. The molecule has 1 aromatic heterocycles. The lowest BCUT2D eigenvalue weighted by Gasteiger charge is -2.09. The third kappa shape index (κ3) is 4.19. The van der Waals surface area contributed by atoms with Crippen LogP contribution in [0.4, 0.5) is 11.4 Å². The number of nitro benzene ring substituents is 1. The molecule has 0 spiro atoms. The van der Waals surface area contributed by atoms with Crippen LogP contribution in [0.25, 0.3) is 0 Å². The van der Waals surface area contributed by atoms with Crippen LogP contribution in [0.2, 0.25) is 0 Å². The van der Waals surface area contributed by atoms with E-state index in [2.05, 4.69) is 24.4 Å². The molecule has 6 heteroatoms. The first-order valence-electron chi connectivity index (χ1n) is 6.80. The van der Waals surface area contributed by atoms with E-state index in [0.29, 0.717) is 18.9 Å². The second-order valence-corrected chi connectivity index (χ2v) is 6.03. The Labute approximate surface area is 127 Å². The van der Waals surface area contributed by atoms with Gasteiger partial charge in [-0.05, 0) is 31.5 Å². The Kier molecular flexibility index (Phi) is 5.16. The summed E-state index contributed by atoms with van der Waals surface area (Å²) in [4.78, 5) is 13.1. The van der Waals surface area contributed by atoms with Gasteiger partial charge in [0.2, 0.25) is 0 Å². The highest BCUT2D eigenvalue weighted by atomic mass is 32.1. The van der Waals surface area contributed by atoms with E-state index in [1.54, 1.807) is 23.5 Å². The number of aryl methyl sites for hydroxylation is 1. The third-order valence-electron chi connectivity index (χ3n) is 2.88. The molecule has 112 valence electrons. The number of nitro groups is 1. The molecular formula is C15H18N2O3S. The van der Waals surface area contributed by atoms with E-state index in [-0.39, 0.29) is 5.69 Å². The highest BCUT2D eigenvalue weighted by Gasteiger charge is 2.15. The lowest BCUT2D eigenvalue weighted by atomic mass is 10.2. The largest absolute Gasteiger partial charge is 0.487 e. The Morgan fingerprint density at radius 3 is 2.76 bits per heavy atom. The SMILES string of the molecule is CCCOc1cc(NCc2ccc(C)s2)ccc1[N+](=O)[O-]. The molecule has 0 aliphatic rings. The van der Waals surface area contributed by atoms with E-state index in [1.807, 2.05) is 6.92 Å². The van der Waals surface area contributed by atoms with Gasteiger partial charge in [0.05, 0.1) is 11.5 Å². The zero-order valence-electron chi connectivity index (χ0n) is 12.1. The number of thiophene rings is 1.